The van der Waals surface area contributed by atoms with Crippen LogP contribution in [0.4, 0.5) is 15.3 Å². The molecule has 0 bridgehead atoms. The number of nitrogens with two attached hydrogens (primary N) is 1. The molecule has 1 fully saturated rings. The first-order chi connectivity index (χ1) is 30.2. The molecule has 0 spiro atoms. The van der Waals surface area contributed by atoms with Crippen LogP contribution in [-0.4, -0.2) is 148 Å². The van der Waals surface area contributed by atoms with E-state index in [4.69, 9.17) is 24.7 Å². The summed E-state index contributed by atoms with van der Waals surface area (Å²) in [7, 11) is 1.45. The highest BCUT2D eigenvalue weighted by Gasteiger charge is 2.28. The summed E-state index contributed by atoms with van der Waals surface area (Å²) in [5.41, 5.74) is 6.61. The van der Waals surface area contributed by atoms with Gasteiger partial charge in [-0.3, -0.25) is 33.7 Å². The van der Waals surface area contributed by atoms with Gasteiger partial charge in [0, 0.05) is 45.1 Å². The molecule has 1 aliphatic rings. The number of methoxy groups -OCH3 is 1. The van der Waals surface area contributed by atoms with E-state index in [1.807, 2.05) is 4.72 Å². The average molecular weight is 912 g/mol. The van der Waals surface area contributed by atoms with Gasteiger partial charge in [0.25, 0.3) is 0 Å². The summed E-state index contributed by atoms with van der Waals surface area (Å²) in [4.78, 5) is 97.8. The maximum absolute atomic E-state index is 13.4. The van der Waals surface area contributed by atoms with E-state index in [9.17, 15) is 52.8 Å². The molecule has 348 valence electrons. The van der Waals surface area contributed by atoms with Crippen LogP contribution in [0.1, 0.15) is 61.4 Å². The number of aliphatic hydroxyl groups is 1. The SMILES string of the molecule is COCCNS(=O)NC(=O)OCC(CC(=O)O)n1cc(COCc2cc(NC(=O)C(CCCNC(N)=O)NC(=O)CNC(=O)CCOCCN3C(=O)CCC3=O)ccc2CO)nn1. The number of rotatable bonds is 30. The minimum atomic E-state index is -1.97. The quantitative estimate of drug-likeness (QED) is 0.0291. The number of aromatic nitrogens is 3. The second kappa shape index (κ2) is 27.7. The number of aliphatic carboxylic acids is 1. The van der Waals surface area contributed by atoms with Crippen molar-refractivity contribution in [3.8, 4) is 0 Å². The lowest BCUT2D eigenvalue weighted by Gasteiger charge is -2.19. The Morgan fingerprint density at radius 3 is 2.43 bits per heavy atom. The number of carboxylic acid groups (broad SMARTS) is 1. The summed E-state index contributed by atoms with van der Waals surface area (Å²) in [5.74, 6) is -3.61. The molecule has 63 heavy (non-hydrogen) atoms. The Hall–Kier alpha value is -6.13. The molecule has 27 heteroatoms. The molecular weight excluding hydrogens is 859 g/mol. The van der Waals surface area contributed by atoms with Crippen LogP contribution in [0.3, 0.4) is 0 Å². The van der Waals surface area contributed by atoms with Gasteiger partial charge in [-0.05, 0) is 36.1 Å². The van der Waals surface area contributed by atoms with Gasteiger partial charge in [-0.15, -0.1) is 5.10 Å². The number of primary amides is 1. The van der Waals surface area contributed by atoms with Gasteiger partial charge in [0.2, 0.25) is 29.5 Å². The molecule has 2 heterocycles. The molecule has 26 nitrogen and oxygen atoms in total. The Balaban J connectivity index is 1.53. The number of nitrogens with zero attached hydrogens (tertiary/aromatic N) is 4. The monoisotopic (exact) mass is 911 g/mol. The molecular formula is C36H53N11O15S. The van der Waals surface area contributed by atoms with Gasteiger partial charge >= 0.3 is 18.1 Å². The molecule has 3 rings (SSSR count). The predicted molar refractivity (Wildman–Crippen MR) is 216 cm³/mol. The molecule has 10 N–H and O–H groups in total. The lowest BCUT2D eigenvalue weighted by Crippen LogP contribution is -2.47. The first-order valence-corrected chi connectivity index (χ1v) is 20.7. The number of hydrogen-bond donors (Lipinski definition) is 9. The number of hydrogen-bond acceptors (Lipinski definition) is 16. The number of nitrogens with one attached hydrogen (secondary N) is 6. The maximum Gasteiger partial charge on any atom is 0.420 e. The first-order valence-electron chi connectivity index (χ1n) is 19.5. The minimum absolute atomic E-state index is 0.0275. The van der Waals surface area contributed by atoms with E-state index in [1.54, 1.807) is 12.1 Å². The van der Waals surface area contributed by atoms with Gasteiger partial charge in [0.05, 0.1) is 71.4 Å². The fourth-order valence-corrected chi connectivity index (χ4v) is 6.17. The van der Waals surface area contributed by atoms with Crippen LogP contribution in [0.2, 0.25) is 0 Å². The summed E-state index contributed by atoms with van der Waals surface area (Å²) in [6, 6.07) is 1.74. The Bertz CT molecular complexity index is 1900. The summed E-state index contributed by atoms with van der Waals surface area (Å²) in [5, 5.41) is 37.4. The highest BCUT2D eigenvalue weighted by molar-refractivity contribution is 7.81. The van der Waals surface area contributed by atoms with Crippen molar-refractivity contribution in [3.63, 3.8) is 0 Å². The Morgan fingerprint density at radius 2 is 1.73 bits per heavy atom. The van der Waals surface area contributed by atoms with E-state index in [1.165, 1.54) is 24.1 Å². The number of amides is 8. The van der Waals surface area contributed by atoms with Gasteiger partial charge < -0.3 is 56.2 Å². The molecule has 8 amide bonds. The van der Waals surface area contributed by atoms with Crippen molar-refractivity contribution in [1.29, 1.82) is 0 Å². The van der Waals surface area contributed by atoms with Crippen LogP contribution >= 0.6 is 0 Å². The van der Waals surface area contributed by atoms with E-state index in [0.29, 0.717) is 11.1 Å². The summed E-state index contributed by atoms with van der Waals surface area (Å²) >= 11 is -1.97. The predicted octanol–water partition coefficient (Wildman–Crippen LogP) is -2.41. The smallest absolute Gasteiger partial charge is 0.420 e. The number of aliphatic hydroxyl groups excluding tert-OH is 1. The van der Waals surface area contributed by atoms with Crippen LogP contribution in [0.5, 0.6) is 0 Å². The summed E-state index contributed by atoms with van der Waals surface area (Å²) in [6.45, 7) is -0.890. The van der Waals surface area contributed by atoms with Crippen molar-refractivity contribution in [3.05, 3.63) is 41.2 Å². The van der Waals surface area contributed by atoms with E-state index in [0.717, 1.165) is 4.90 Å². The van der Waals surface area contributed by atoms with Crippen molar-refractivity contribution in [1.82, 2.24) is 45.3 Å². The standard InChI is InChI=1S/C36H53N11O15S/c1-59-13-10-40-63(58)44-36(57)62-22-27(16-33(53)54)47-18-26(43-45-47)21-61-20-24-15-25(5-4-23(24)19-48)41-34(55)28(3-2-9-38-35(37)56)42-30(50)17-39-29(49)8-12-60-14-11-46-31(51)6-7-32(46)52/h4-5,15,18,27-28,40,48H,2-3,6-14,16-17,19-22H2,1H3,(H,39,49)(H,41,55)(H,42,50)(H,44,57)(H,53,54)(H3,37,38,56). The topological polar surface area (TPSA) is 363 Å². The lowest BCUT2D eigenvalue weighted by molar-refractivity contribution is -0.140. The van der Waals surface area contributed by atoms with Gasteiger partial charge in [-0.2, -0.15) is 0 Å². The summed E-state index contributed by atoms with van der Waals surface area (Å²) < 4.78 is 38.6. The fraction of sp³-hybridized carbons (Fsp3) is 0.556. The average Bonchev–Trinajstić information content (AvgIpc) is 3.84. The number of benzene rings is 1. The van der Waals surface area contributed by atoms with Crippen molar-refractivity contribution in [2.75, 3.05) is 65.0 Å². The Labute approximate surface area is 363 Å². The van der Waals surface area contributed by atoms with E-state index >= 15 is 0 Å². The number of ether oxygens (including phenoxy) is 4. The highest BCUT2D eigenvalue weighted by Crippen LogP contribution is 2.19. The third-order valence-electron chi connectivity index (χ3n) is 8.77. The van der Waals surface area contributed by atoms with Crippen LogP contribution in [0, 0.1) is 0 Å². The van der Waals surface area contributed by atoms with Crippen molar-refractivity contribution in [2.45, 2.75) is 70.4 Å². The maximum atomic E-state index is 13.4. The second-order valence-electron chi connectivity index (χ2n) is 13.6. The number of likely N-dealkylation sites (tertiary alicyclic amines) is 1. The second-order valence-corrected chi connectivity index (χ2v) is 14.6. The van der Waals surface area contributed by atoms with Crippen LogP contribution < -0.4 is 36.4 Å². The first kappa shape index (κ1) is 51.2. The number of carbonyl (C=O) groups excluding carboxylic acids is 7. The Morgan fingerprint density at radius 1 is 0.968 bits per heavy atom. The largest absolute Gasteiger partial charge is 0.481 e. The summed E-state index contributed by atoms with van der Waals surface area (Å²) in [6.07, 6.45) is 0.338. The van der Waals surface area contributed by atoms with E-state index < -0.39 is 78.6 Å². The molecule has 1 aliphatic heterocycles. The molecule has 2 aromatic rings. The minimum Gasteiger partial charge on any atom is -0.481 e. The van der Waals surface area contributed by atoms with Crippen molar-refractivity contribution >= 4 is 64.5 Å². The van der Waals surface area contributed by atoms with E-state index in [2.05, 4.69) is 36.3 Å². The van der Waals surface area contributed by atoms with Crippen molar-refractivity contribution in [2.24, 2.45) is 5.73 Å². The third kappa shape index (κ3) is 19.6. The zero-order chi connectivity index (χ0) is 46.1. The zero-order valence-electron chi connectivity index (χ0n) is 34.5. The number of imide groups is 1. The molecule has 3 atom stereocenters. The molecule has 1 aromatic carbocycles. The van der Waals surface area contributed by atoms with Gasteiger partial charge in [0.1, 0.15) is 18.3 Å². The third-order valence-corrected chi connectivity index (χ3v) is 9.59. The normalized spacial score (nSPS) is 13.8. The molecule has 1 saturated heterocycles. The Kier molecular flexibility index (Phi) is 22.6. The molecule has 0 aliphatic carbocycles. The fourth-order valence-electron chi connectivity index (χ4n) is 5.62. The van der Waals surface area contributed by atoms with Crippen LogP contribution in [0.15, 0.2) is 24.4 Å². The van der Waals surface area contributed by atoms with Gasteiger partial charge in [-0.1, -0.05) is 11.3 Å². The lowest BCUT2D eigenvalue weighted by atomic mass is 10.1. The van der Waals surface area contributed by atoms with Gasteiger partial charge in [-0.25, -0.2) is 27.9 Å². The molecule has 0 saturated carbocycles. The number of urea groups is 1. The number of carbonyl (C=O) groups is 8. The van der Waals surface area contributed by atoms with Crippen LogP contribution in [0.25, 0.3) is 0 Å². The molecule has 3 unspecified atom stereocenters. The van der Waals surface area contributed by atoms with E-state index in [-0.39, 0.29) is 115 Å². The van der Waals surface area contributed by atoms with Crippen molar-refractivity contribution < 1.29 is 71.7 Å². The number of carboxylic acids is 1. The molecule has 0 radical (unpaired) electrons. The highest BCUT2D eigenvalue weighted by atomic mass is 32.2. The molecule has 1 aromatic heterocycles. The number of anilines is 1. The van der Waals surface area contributed by atoms with Crippen LogP contribution in [-0.2, 0) is 78.7 Å². The van der Waals surface area contributed by atoms with Gasteiger partial charge in [0.15, 0.2) is 11.2 Å². The zero-order valence-corrected chi connectivity index (χ0v) is 35.3.